The van der Waals surface area contributed by atoms with Crippen LogP contribution in [0.5, 0.6) is 0 Å². The molecule has 3 atom stereocenters. The first-order valence-electron chi connectivity index (χ1n) is 11.1. The molecule has 0 bridgehead atoms. The summed E-state index contributed by atoms with van der Waals surface area (Å²) in [6.45, 7) is -0.617. The van der Waals surface area contributed by atoms with Crippen LogP contribution in [-0.4, -0.2) is 71.4 Å². The molecule has 1 fully saturated rings. The van der Waals surface area contributed by atoms with E-state index in [2.05, 4.69) is 5.32 Å². The molecular weight excluding hydrogens is 625 g/mol. The van der Waals surface area contributed by atoms with Crippen LogP contribution in [0.3, 0.4) is 0 Å². The number of ether oxygens (including phenoxy) is 1. The second-order valence-electron chi connectivity index (χ2n) is 8.33. The van der Waals surface area contributed by atoms with Crippen LogP contribution in [0.15, 0.2) is 65.9 Å². The van der Waals surface area contributed by atoms with Crippen LogP contribution in [0, 0.1) is 0 Å². The number of fused-ring (bicyclic) bond motifs is 1. The number of rotatable bonds is 9. The van der Waals surface area contributed by atoms with E-state index < -0.39 is 74.4 Å². The summed E-state index contributed by atoms with van der Waals surface area (Å²) in [4.78, 5) is 62.0. The number of hydrogen-bond donors (Lipinski definition) is 1. The predicted octanol–water partition coefficient (Wildman–Crippen LogP) is -11.1. The van der Waals surface area contributed by atoms with Crippen LogP contribution in [0.4, 0.5) is 0 Å². The molecule has 0 aromatic heterocycles. The van der Waals surface area contributed by atoms with Gasteiger partial charge < -0.3 is 34.4 Å². The monoisotopic (exact) mass is 642 g/mol. The van der Waals surface area contributed by atoms with Crippen LogP contribution in [-0.2, 0) is 29.2 Å². The van der Waals surface area contributed by atoms with Crippen molar-refractivity contribution in [2.45, 2.75) is 16.7 Å². The van der Waals surface area contributed by atoms with Gasteiger partial charge in [0.2, 0.25) is 5.91 Å². The van der Waals surface area contributed by atoms with Crippen molar-refractivity contribution in [3.05, 3.63) is 82.6 Å². The Morgan fingerprint density at radius 2 is 1.52 bits per heavy atom. The minimum atomic E-state index is -5.17. The predicted molar refractivity (Wildman–Crippen MR) is 127 cm³/mol. The minimum Gasteiger partial charge on any atom is -0.747 e. The molecule has 42 heavy (non-hydrogen) atoms. The van der Waals surface area contributed by atoms with E-state index >= 15 is 0 Å². The van der Waals surface area contributed by atoms with E-state index in [0.717, 1.165) is 22.7 Å². The van der Waals surface area contributed by atoms with E-state index in [0.29, 0.717) is 0 Å². The van der Waals surface area contributed by atoms with Gasteiger partial charge in [-0.3, -0.25) is 14.5 Å². The summed E-state index contributed by atoms with van der Waals surface area (Å²) in [5, 5.41) is 22.3. The zero-order valence-corrected chi connectivity index (χ0v) is 30.2. The first-order chi connectivity index (χ1) is 18.4. The summed E-state index contributed by atoms with van der Waals surface area (Å²) in [7, 11) is -5.17. The normalized spacial score (nSPS) is 18.0. The first kappa shape index (κ1) is 38.8. The maximum absolute atomic E-state index is 12.8. The molecule has 0 aliphatic carbocycles. The van der Waals surface area contributed by atoms with E-state index in [9.17, 15) is 47.2 Å². The molecule has 1 saturated heterocycles. The molecule has 2 aromatic carbocycles. The van der Waals surface area contributed by atoms with Crippen molar-refractivity contribution in [1.29, 1.82) is 0 Å². The van der Waals surface area contributed by atoms with Gasteiger partial charge in [0.15, 0.2) is 5.25 Å². The fourth-order valence-corrected chi connectivity index (χ4v) is 6.31. The van der Waals surface area contributed by atoms with Crippen LogP contribution >= 0.6 is 11.8 Å². The number of hydrogen-bond acceptors (Lipinski definition) is 12. The Kier molecular flexibility index (Phi) is 15.0. The number of carboxylic acids is 2. The fraction of sp³-hybridized carbons (Fsp3) is 0.208. The SMILES string of the molecule is O=C([O-])C1=C(COC(=O)c2ccccc2C(=O)[O-])CS[C@H]2[C@H](NC(=O)C(c3ccccc3)S(=O)(=O)[O-])C(=O)N12.[Na+].[Na+].[Na+]. The third-order valence-electron chi connectivity index (χ3n) is 5.91. The molecule has 2 heterocycles. The van der Waals surface area contributed by atoms with E-state index in [-0.39, 0.29) is 111 Å². The summed E-state index contributed by atoms with van der Waals surface area (Å²) >= 11 is 0.985. The Morgan fingerprint density at radius 1 is 0.952 bits per heavy atom. The number of aliphatic carboxylic acids is 1. The van der Waals surface area contributed by atoms with Gasteiger partial charge >= 0.3 is 94.6 Å². The van der Waals surface area contributed by atoms with Crippen molar-refractivity contribution in [3.8, 4) is 0 Å². The molecule has 13 nitrogen and oxygen atoms in total. The largest absolute Gasteiger partial charge is 1.00 e. The van der Waals surface area contributed by atoms with Crippen molar-refractivity contribution in [2.75, 3.05) is 12.4 Å². The number of amides is 2. The second kappa shape index (κ2) is 16.2. The Labute approximate surface area is 310 Å². The smallest absolute Gasteiger partial charge is 0.747 e. The molecule has 0 radical (unpaired) electrons. The summed E-state index contributed by atoms with van der Waals surface area (Å²) in [6.07, 6.45) is 0. The molecule has 1 N–H and O–H groups in total. The van der Waals surface area contributed by atoms with E-state index in [4.69, 9.17) is 4.74 Å². The number of esters is 1. The topological polar surface area (TPSA) is 213 Å². The molecule has 18 heteroatoms. The van der Waals surface area contributed by atoms with Gasteiger partial charge in [-0.25, -0.2) is 13.2 Å². The summed E-state index contributed by atoms with van der Waals surface area (Å²) < 4.78 is 40.5. The minimum absolute atomic E-state index is 0. The van der Waals surface area contributed by atoms with Crippen molar-refractivity contribution < 1.29 is 141 Å². The van der Waals surface area contributed by atoms with Crippen LogP contribution in [0.1, 0.15) is 31.5 Å². The molecular formula is C24H17N2Na3O11S2. The molecule has 2 aliphatic heterocycles. The van der Waals surface area contributed by atoms with Crippen molar-refractivity contribution in [1.82, 2.24) is 10.2 Å². The Bertz CT molecular complexity index is 1520. The maximum atomic E-state index is 12.8. The maximum Gasteiger partial charge on any atom is 1.00 e. The van der Waals surface area contributed by atoms with Gasteiger partial charge in [-0.15, -0.1) is 11.8 Å². The molecule has 0 saturated carbocycles. The third kappa shape index (κ3) is 8.28. The zero-order valence-electron chi connectivity index (χ0n) is 22.6. The molecule has 1 unspecified atom stereocenters. The van der Waals surface area contributed by atoms with Crippen LogP contribution < -0.4 is 104 Å². The van der Waals surface area contributed by atoms with Crippen molar-refractivity contribution in [3.63, 3.8) is 0 Å². The van der Waals surface area contributed by atoms with Gasteiger partial charge in [-0.05, 0) is 11.6 Å². The summed E-state index contributed by atoms with van der Waals surface area (Å²) in [5.74, 6) is -6.73. The Hall–Kier alpha value is -1.21. The number of thioether (sulfide) groups is 1. The van der Waals surface area contributed by atoms with Gasteiger partial charge in [0, 0.05) is 16.9 Å². The fourth-order valence-electron chi connectivity index (χ4n) is 4.16. The molecule has 2 aromatic rings. The standard InChI is InChI=1S/C24H20N2O11S2.3Na/c27-19(18(39(34,35)36)12-6-2-1-3-7-12)25-16-20(28)26-17(23(31)32)13(11-38-21(16)26)10-37-24(33)15-9-5-4-8-14(15)22(29)30;;;/h1-9,16,18,21H,10-11H2,(H,25,27)(H,29,30)(H,31,32)(H,34,35,36);;;/q;3*+1/p-3/t16-,18?,21+;;;/m1.../s1. The van der Waals surface area contributed by atoms with Gasteiger partial charge in [0.05, 0.1) is 23.2 Å². The van der Waals surface area contributed by atoms with E-state index in [1.807, 2.05) is 0 Å². The second-order valence-corrected chi connectivity index (χ2v) is 10.9. The number of aromatic carboxylic acids is 1. The molecule has 0 spiro atoms. The van der Waals surface area contributed by atoms with Gasteiger partial charge in [-0.2, -0.15) is 0 Å². The number of benzene rings is 2. The molecule has 2 amide bonds. The summed E-state index contributed by atoms with van der Waals surface area (Å²) in [6, 6.07) is 10.7. The zero-order chi connectivity index (χ0) is 28.5. The number of carbonyl (C=O) groups is 5. The van der Waals surface area contributed by atoms with Crippen LogP contribution in [0.2, 0.25) is 0 Å². The molecule has 4 rings (SSSR count). The van der Waals surface area contributed by atoms with Gasteiger partial charge in [0.1, 0.15) is 28.1 Å². The quantitative estimate of drug-likeness (QED) is 0.117. The number of carboxylic acid groups (broad SMARTS) is 2. The molecule has 2 aliphatic rings. The van der Waals surface area contributed by atoms with E-state index in [1.165, 1.54) is 42.5 Å². The number of nitrogens with one attached hydrogen (secondary N) is 1. The Morgan fingerprint density at radius 3 is 2.07 bits per heavy atom. The van der Waals surface area contributed by atoms with Gasteiger partial charge in [-0.1, -0.05) is 48.5 Å². The van der Waals surface area contributed by atoms with Crippen LogP contribution in [0.25, 0.3) is 0 Å². The average molecular weight is 643 g/mol. The average Bonchev–Trinajstić information content (AvgIpc) is 2.89. The molecule has 204 valence electrons. The number of nitrogens with zero attached hydrogens (tertiary/aromatic N) is 1. The number of β-lactam (4-membered cyclic amide) rings is 1. The third-order valence-corrected chi connectivity index (χ3v) is 8.32. The first-order valence-corrected chi connectivity index (χ1v) is 13.6. The Balaban J connectivity index is 0.00000294. The van der Waals surface area contributed by atoms with E-state index in [1.54, 1.807) is 6.07 Å². The summed E-state index contributed by atoms with van der Waals surface area (Å²) in [5.41, 5.74) is -1.49. The van der Waals surface area contributed by atoms with Gasteiger partial charge in [0.25, 0.3) is 5.91 Å². The number of carbonyl (C=O) groups excluding carboxylic acids is 5. The van der Waals surface area contributed by atoms with Crippen molar-refractivity contribution >= 4 is 51.6 Å². The van der Waals surface area contributed by atoms with Crippen molar-refractivity contribution in [2.24, 2.45) is 0 Å².